The highest BCUT2D eigenvalue weighted by Crippen LogP contribution is 2.29. The number of methoxy groups -OCH3 is 2. The molecular weight excluding hydrogens is 244 g/mol. The monoisotopic (exact) mass is 270 g/mol. The number of nitriles is 1. The summed E-state index contributed by atoms with van der Waals surface area (Å²) < 4.78 is 10.2. The van der Waals surface area contributed by atoms with Crippen molar-refractivity contribution in [2.45, 2.75) is 39.7 Å². The first kappa shape index (κ1) is 17.9. The van der Waals surface area contributed by atoms with E-state index in [9.17, 15) is 10.1 Å². The molecule has 0 aliphatic carbocycles. The maximum atomic E-state index is 12.7. The zero-order valence-corrected chi connectivity index (χ0v) is 12.7. The number of carbonyl (C=O) groups excluding carboxylic acids is 1. The summed E-state index contributed by atoms with van der Waals surface area (Å²) >= 11 is 0. The van der Waals surface area contributed by atoms with Gasteiger partial charge in [0, 0.05) is 20.8 Å². The first-order chi connectivity index (χ1) is 9.02. The molecule has 0 rings (SSSR count). The molecule has 1 amide bonds. The Bertz CT molecular complexity index is 308. The van der Waals surface area contributed by atoms with Crippen molar-refractivity contribution in [2.75, 3.05) is 34.0 Å². The Morgan fingerprint density at radius 1 is 1.32 bits per heavy atom. The number of hydrogen-bond acceptors (Lipinski definition) is 4. The molecule has 1 unspecified atom stereocenters. The first-order valence-corrected chi connectivity index (χ1v) is 6.73. The number of ether oxygens (including phenoxy) is 2. The van der Waals surface area contributed by atoms with E-state index in [0.717, 1.165) is 0 Å². The summed E-state index contributed by atoms with van der Waals surface area (Å²) in [7, 11) is 3.20. The van der Waals surface area contributed by atoms with Crippen LogP contribution in [0.15, 0.2) is 0 Å². The molecule has 5 heteroatoms. The minimum atomic E-state index is -0.935. The molecule has 110 valence electrons. The fraction of sp³-hybridized carbons (Fsp3) is 0.857. The minimum absolute atomic E-state index is 0.0709. The van der Waals surface area contributed by atoms with Crippen LogP contribution in [0.1, 0.15) is 33.6 Å². The fourth-order valence-electron chi connectivity index (χ4n) is 2.08. The molecular formula is C14H26N2O3. The lowest BCUT2D eigenvalue weighted by atomic mass is 9.82. The maximum Gasteiger partial charge on any atom is 0.243 e. The van der Waals surface area contributed by atoms with Gasteiger partial charge < -0.3 is 14.4 Å². The van der Waals surface area contributed by atoms with Crippen LogP contribution in [0, 0.1) is 16.7 Å². The van der Waals surface area contributed by atoms with E-state index in [1.165, 1.54) is 0 Å². The third-order valence-electron chi connectivity index (χ3n) is 3.57. The van der Waals surface area contributed by atoms with Gasteiger partial charge in [0.05, 0.1) is 25.3 Å². The average molecular weight is 270 g/mol. The van der Waals surface area contributed by atoms with Crippen LogP contribution in [-0.4, -0.2) is 50.8 Å². The molecule has 19 heavy (non-hydrogen) atoms. The van der Waals surface area contributed by atoms with E-state index in [4.69, 9.17) is 9.47 Å². The number of rotatable bonds is 9. The van der Waals surface area contributed by atoms with Crippen LogP contribution < -0.4 is 0 Å². The van der Waals surface area contributed by atoms with Gasteiger partial charge in [-0.15, -0.1) is 0 Å². The van der Waals surface area contributed by atoms with Gasteiger partial charge in [-0.2, -0.15) is 5.26 Å². The standard InChI is InChI=1S/C14H26N2O3/c1-6-14(7-2,11-15)13(17)16(8-9-18-4)12(3)10-19-5/h12H,6-10H2,1-5H3. The minimum Gasteiger partial charge on any atom is -0.383 e. The lowest BCUT2D eigenvalue weighted by Gasteiger charge is -2.35. The first-order valence-electron chi connectivity index (χ1n) is 6.73. The van der Waals surface area contributed by atoms with Crippen LogP contribution in [-0.2, 0) is 14.3 Å². The van der Waals surface area contributed by atoms with Gasteiger partial charge in [0.1, 0.15) is 5.41 Å². The van der Waals surface area contributed by atoms with E-state index >= 15 is 0 Å². The van der Waals surface area contributed by atoms with E-state index < -0.39 is 5.41 Å². The molecule has 0 saturated heterocycles. The summed E-state index contributed by atoms with van der Waals surface area (Å²) in [5, 5.41) is 9.37. The summed E-state index contributed by atoms with van der Waals surface area (Å²) in [6, 6.07) is 2.12. The van der Waals surface area contributed by atoms with Gasteiger partial charge in [-0.1, -0.05) is 13.8 Å². The predicted molar refractivity (Wildman–Crippen MR) is 73.6 cm³/mol. The highest BCUT2D eigenvalue weighted by atomic mass is 16.5. The number of nitrogens with zero attached hydrogens (tertiary/aromatic N) is 2. The van der Waals surface area contributed by atoms with Crippen molar-refractivity contribution >= 4 is 5.91 Å². The van der Waals surface area contributed by atoms with Crippen molar-refractivity contribution in [2.24, 2.45) is 5.41 Å². The largest absolute Gasteiger partial charge is 0.383 e. The second-order valence-electron chi connectivity index (χ2n) is 4.70. The molecule has 0 fully saturated rings. The van der Waals surface area contributed by atoms with Crippen molar-refractivity contribution in [1.29, 1.82) is 5.26 Å². The van der Waals surface area contributed by atoms with E-state index in [1.54, 1.807) is 19.1 Å². The SMILES string of the molecule is CCC(C#N)(CC)C(=O)N(CCOC)C(C)COC. The fourth-order valence-corrected chi connectivity index (χ4v) is 2.08. The molecule has 5 nitrogen and oxygen atoms in total. The van der Waals surface area contributed by atoms with Gasteiger partial charge in [0.25, 0.3) is 0 Å². The zero-order valence-electron chi connectivity index (χ0n) is 12.7. The third-order valence-corrected chi connectivity index (χ3v) is 3.57. The Labute approximate surface area is 116 Å². The highest BCUT2D eigenvalue weighted by molar-refractivity contribution is 5.85. The number of carbonyl (C=O) groups is 1. The van der Waals surface area contributed by atoms with E-state index in [1.807, 2.05) is 20.8 Å². The van der Waals surface area contributed by atoms with Crippen LogP contribution in [0.4, 0.5) is 0 Å². The quantitative estimate of drug-likeness (QED) is 0.641. The highest BCUT2D eigenvalue weighted by Gasteiger charge is 2.39. The Morgan fingerprint density at radius 2 is 1.89 bits per heavy atom. The molecule has 0 bridgehead atoms. The molecule has 0 aromatic rings. The van der Waals surface area contributed by atoms with Gasteiger partial charge in [0.15, 0.2) is 0 Å². The van der Waals surface area contributed by atoms with E-state index in [-0.39, 0.29) is 11.9 Å². The van der Waals surface area contributed by atoms with Gasteiger partial charge in [0.2, 0.25) is 5.91 Å². The molecule has 1 atom stereocenters. The molecule has 0 aromatic carbocycles. The summed E-state index contributed by atoms with van der Waals surface area (Å²) in [5.74, 6) is -0.124. The summed E-state index contributed by atoms with van der Waals surface area (Å²) in [4.78, 5) is 14.4. The lowest BCUT2D eigenvalue weighted by Crippen LogP contribution is -2.49. The number of amides is 1. The Hall–Kier alpha value is -1.12. The van der Waals surface area contributed by atoms with Gasteiger partial charge in [-0.3, -0.25) is 4.79 Å². The van der Waals surface area contributed by atoms with Crippen LogP contribution in [0.5, 0.6) is 0 Å². The molecule has 0 aliphatic heterocycles. The normalized spacial score (nSPS) is 12.8. The topological polar surface area (TPSA) is 62.6 Å². The third kappa shape index (κ3) is 4.48. The Balaban J connectivity index is 5.12. The van der Waals surface area contributed by atoms with Crippen LogP contribution >= 0.6 is 0 Å². The zero-order chi connectivity index (χ0) is 14.9. The van der Waals surface area contributed by atoms with E-state index in [2.05, 4.69) is 6.07 Å². The van der Waals surface area contributed by atoms with Gasteiger partial charge in [-0.05, 0) is 19.8 Å². The van der Waals surface area contributed by atoms with Crippen molar-refractivity contribution < 1.29 is 14.3 Å². The molecule has 0 spiro atoms. The van der Waals surface area contributed by atoms with Crippen molar-refractivity contribution in [3.63, 3.8) is 0 Å². The van der Waals surface area contributed by atoms with Crippen LogP contribution in [0.2, 0.25) is 0 Å². The van der Waals surface area contributed by atoms with Crippen molar-refractivity contribution in [3.8, 4) is 6.07 Å². The lowest BCUT2D eigenvalue weighted by molar-refractivity contribution is -0.143. The van der Waals surface area contributed by atoms with Crippen LogP contribution in [0.3, 0.4) is 0 Å². The summed E-state index contributed by atoms with van der Waals surface area (Å²) in [5.41, 5.74) is -0.935. The number of hydrogen-bond donors (Lipinski definition) is 0. The molecule has 0 aliphatic rings. The summed E-state index contributed by atoms with van der Waals surface area (Å²) in [6.45, 7) is 7.05. The molecule has 0 radical (unpaired) electrons. The molecule has 0 N–H and O–H groups in total. The Kier molecular flexibility index (Phi) is 8.37. The van der Waals surface area contributed by atoms with Gasteiger partial charge in [-0.25, -0.2) is 0 Å². The average Bonchev–Trinajstić information content (AvgIpc) is 2.42. The van der Waals surface area contributed by atoms with E-state index in [0.29, 0.717) is 32.6 Å². The molecule has 0 saturated carbocycles. The molecule has 0 aromatic heterocycles. The van der Waals surface area contributed by atoms with Crippen molar-refractivity contribution in [1.82, 2.24) is 4.90 Å². The second kappa shape index (κ2) is 8.89. The maximum absolute atomic E-state index is 12.7. The Morgan fingerprint density at radius 3 is 2.26 bits per heavy atom. The summed E-state index contributed by atoms with van der Waals surface area (Å²) in [6.07, 6.45) is 1.03. The smallest absolute Gasteiger partial charge is 0.243 e. The van der Waals surface area contributed by atoms with Crippen LogP contribution in [0.25, 0.3) is 0 Å². The predicted octanol–water partition coefficient (Wildman–Crippen LogP) is 1.83. The molecule has 0 heterocycles. The second-order valence-corrected chi connectivity index (χ2v) is 4.70. The van der Waals surface area contributed by atoms with Gasteiger partial charge >= 0.3 is 0 Å². The van der Waals surface area contributed by atoms with Crippen molar-refractivity contribution in [3.05, 3.63) is 0 Å².